The second-order valence-corrected chi connectivity index (χ2v) is 8.75. The average Bonchev–Trinajstić information content (AvgIpc) is 3.33. The highest BCUT2D eigenvalue weighted by molar-refractivity contribution is 9.10. The minimum atomic E-state index is -0.538. The van der Waals surface area contributed by atoms with Gasteiger partial charge in [0.15, 0.2) is 5.76 Å². The first-order valence-electron chi connectivity index (χ1n) is 11.1. The number of hydrogen-bond donors (Lipinski definition) is 0. The molecule has 0 radical (unpaired) electrons. The van der Waals surface area contributed by atoms with Gasteiger partial charge in [-0.05, 0) is 43.3 Å². The maximum atomic E-state index is 13.5. The maximum absolute atomic E-state index is 13.5. The van der Waals surface area contributed by atoms with Crippen LogP contribution < -0.4 is 15.0 Å². The van der Waals surface area contributed by atoms with Gasteiger partial charge in [-0.15, -0.1) is 0 Å². The fourth-order valence-corrected chi connectivity index (χ4v) is 4.43. The van der Waals surface area contributed by atoms with Crippen LogP contribution in [0.1, 0.15) is 12.5 Å². The molecule has 11 heteroatoms. The number of methoxy groups -OCH3 is 1. The van der Waals surface area contributed by atoms with E-state index in [4.69, 9.17) is 13.9 Å². The fraction of sp³-hybridized carbons (Fsp3) is 0.115. The van der Waals surface area contributed by atoms with Crippen molar-refractivity contribution >= 4 is 49.7 Å². The zero-order valence-electron chi connectivity index (χ0n) is 19.7. The topological polar surface area (TPSA) is 122 Å². The number of rotatable bonds is 7. The third-order valence-corrected chi connectivity index (χ3v) is 6.03. The molecule has 0 spiro atoms. The van der Waals surface area contributed by atoms with Crippen LogP contribution in [0.15, 0.2) is 79.4 Å². The lowest BCUT2D eigenvalue weighted by atomic mass is 10.2. The van der Waals surface area contributed by atoms with E-state index in [1.54, 1.807) is 68.6 Å². The van der Waals surface area contributed by atoms with Gasteiger partial charge in [0.2, 0.25) is 11.6 Å². The van der Waals surface area contributed by atoms with Gasteiger partial charge in [-0.2, -0.15) is 9.78 Å². The second kappa shape index (κ2) is 9.86. The van der Waals surface area contributed by atoms with Crippen LogP contribution in [-0.4, -0.2) is 34.5 Å². The monoisotopic (exact) mass is 562 g/mol. The van der Waals surface area contributed by atoms with Crippen LogP contribution >= 0.6 is 15.9 Å². The van der Waals surface area contributed by atoms with Gasteiger partial charge in [0, 0.05) is 16.1 Å². The van der Waals surface area contributed by atoms with E-state index in [1.165, 1.54) is 12.3 Å². The second-order valence-electron chi connectivity index (χ2n) is 7.83. The van der Waals surface area contributed by atoms with Crippen molar-refractivity contribution in [1.29, 1.82) is 0 Å². The normalized spacial score (nSPS) is 11.4. The van der Waals surface area contributed by atoms with E-state index >= 15 is 0 Å². The quantitative estimate of drug-likeness (QED) is 0.140. The Bertz CT molecular complexity index is 1760. The third kappa shape index (κ3) is 4.45. The first-order valence-corrected chi connectivity index (χ1v) is 11.9. The zero-order valence-corrected chi connectivity index (χ0v) is 21.3. The Morgan fingerprint density at radius 1 is 1.16 bits per heavy atom. The predicted molar refractivity (Wildman–Crippen MR) is 143 cm³/mol. The molecule has 0 bridgehead atoms. The van der Waals surface area contributed by atoms with E-state index in [-0.39, 0.29) is 23.9 Å². The minimum Gasteiger partial charge on any atom is -0.496 e. The van der Waals surface area contributed by atoms with Crippen molar-refractivity contribution in [1.82, 2.24) is 9.66 Å². The third-order valence-electron chi connectivity index (χ3n) is 5.58. The fourth-order valence-electron chi connectivity index (χ4n) is 3.97. The molecule has 5 rings (SSSR count). The van der Waals surface area contributed by atoms with Gasteiger partial charge in [-0.25, -0.2) is 4.98 Å². The molecule has 0 N–H and O–H groups in total. The smallest absolute Gasteiger partial charge is 0.312 e. The molecule has 0 saturated heterocycles. The molecule has 186 valence electrons. The summed E-state index contributed by atoms with van der Waals surface area (Å²) >= 11 is 3.29. The van der Waals surface area contributed by atoms with Gasteiger partial charge >= 0.3 is 5.69 Å². The molecule has 0 atom stereocenters. The Labute approximate surface area is 218 Å². The van der Waals surface area contributed by atoms with Crippen molar-refractivity contribution in [3.05, 3.63) is 91.2 Å². The van der Waals surface area contributed by atoms with Crippen molar-refractivity contribution in [3.8, 4) is 23.1 Å². The summed E-state index contributed by atoms with van der Waals surface area (Å²) in [6.45, 7) is 1.92. The molecule has 10 nitrogen and oxygen atoms in total. The number of benzene rings is 3. The number of nitrogens with zero attached hydrogens (tertiary/aromatic N) is 4. The molecule has 0 fully saturated rings. The SMILES string of the molecule is CCOc1c(C=Nn2c(-c3cc4c(OC)cccc4o3)nc3ccccc3c2=O)cc(Br)cc1[N+](=O)[O-]. The van der Waals surface area contributed by atoms with Crippen LogP contribution in [0.2, 0.25) is 0 Å². The van der Waals surface area contributed by atoms with Crippen LogP contribution in [0.5, 0.6) is 11.5 Å². The van der Waals surface area contributed by atoms with Crippen LogP contribution in [-0.2, 0) is 0 Å². The summed E-state index contributed by atoms with van der Waals surface area (Å²) in [4.78, 5) is 29.3. The molecule has 0 saturated carbocycles. The number of aromatic nitrogens is 2. The van der Waals surface area contributed by atoms with Gasteiger partial charge in [-0.3, -0.25) is 14.9 Å². The Morgan fingerprint density at radius 3 is 2.73 bits per heavy atom. The van der Waals surface area contributed by atoms with Gasteiger partial charge in [0.05, 0.1) is 41.1 Å². The lowest BCUT2D eigenvalue weighted by Gasteiger charge is -2.10. The van der Waals surface area contributed by atoms with Gasteiger partial charge in [0.1, 0.15) is 11.3 Å². The lowest BCUT2D eigenvalue weighted by molar-refractivity contribution is -0.385. The van der Waals surface area contributed by atoms with E-state index in [0.717, 1.165) is 4.68 Å². The largest absolute Gasteiger partial charge is 0.496 e. The van der Waals surface area contributed by atoms with Crippen molar-refractivity contribution in [3.63, 3.8) is 0 Å². The number of fused-ring (bicyclic) bond motifs is 2. The molecule has 0 amide bonds. The minimum absolute atomic E-state index is 0.0382. The Hall–Kier alpha value is -4.51. The highest BCUT2D eigenvalue weighted by Gasteiger charge is 2.21. The van der Waals surface area contributed by atoms with Crippen molar-refractivity contribution in [2.45, 2.75) is 6.92 Å². The molecule has 5 aromatic rings. The number of nitro groups is 1. The number of para-hydroxylation sites is 1. The number of halogens is 1. The predicted octanol–water partition coefficient (Wildman–Crippen LogP) is 5.77. The first kappa shape index (κ1) is 24.2. The van der Waals surface area contributed by atoms with Gasteiger partial charge in [-0.1, -0.05) is 34.1 Å². The summed E-state index contributed by atoms with van der Waals surface area (Å²) in [6, 6.07) is 17.0. The summed E-state index contributed by atoms with van der Waals surface area (Å²) in [6.07, 6.45) is 1.33. The molecule has 2 heterocycles. The Morgan fingerprint density at radius 2 is 1.97 bits per heavy atom. The number of nitro benzene ring substituents is 1. The summed E-state index contributed by atoms with van der Waals surface area (Å²) in [7, 11) is 1.56. The molecule has 2 aromatic heterocycles. The summed E-state index contributed by atoms with van der Waals surface area (Å²) in [5.41, 5.74) is 0.654. The molecular formula is C26H19BrN4O6. The van der Waals surface area contributed by atoms with E-state index in [2.05, 4.69) is 26.0 Å². The average molecular weight is 563 g/mol. The summed E-state index contributed by atoms with van der Waals surface area (Å²) in [5.74, 6) is 1.09. The molecule has 0 aliphatic heterocycles. The standard InChI is InChI=1S/C26H19BrN4O6/c1-3-36-24-15(11-16(27)12-20(24)31(33)34)14-28-30-25(29-19-8-5-4-7-17(19)26(30)32)23-13-18-21(35-2)9-6-10-22(18)37-23/h4-14H,3H2,1-2H3. The molecule has 0 aliphatic rings. The van der Waals surface area contributed by atoms with E-state index < -0.39 is 10.5 Å². The van der Waals surface area contributed by atoms with Crippen molar-refractivity contribution in [2.24, 2.45) is 5.10 Å². The highest BCUT2D eigenvalue weighted by Crippen LogP contribution is 2.35. The van der Waals surface area contributed by atoms with Gasteiger partial charge in [0.25, 0.3) is 5.56 Å². The molecular weight excluding hydrogens is 544 g/mol. The molecule has 0 unspecified atom stereocenters. The first-order chi connectivity index (χ1) is 17.9. The van der Waals surface area contributed by atoms with E-state index in [0.29, 0.717) is 43.4 Å². The molecule has 3 aromatic carbocycles. The van der Waals surface area contributed by atoms with Crippen molar-refractivity contribution in [2.75, 3.05) is 13.7 Å². The summed E-state index contributed by atoms with van der Waals surface area (Å²) < 4.78 is 18.6. The number of hydrogen-bond acceptors (Lipinski definition) is 8. The summed E-state index contributed by atoms with van der Waals surface area (Å²) in [5, 5.41) is 17.1. The molecule has 0 aliphatic carbocycles. The maximum Gasteiger partial charge on any atom is 0.312 e. The van der Waals surface area contributed by atoms with Gasteiger partial charge < -0.3 is 13.9 Å². The van der Waals surface area contributed by atoms with Crippen LogP contribution in [0, 0.1) is 10.1 Å². The van der Waals surface area contributed by atoms with Crippen molar-refractivity contribution < 1.29 is 18.8 Å². The van der Waals surface area contributed by atoms with Crippen LogP contribution in [0.3, 0.4) is 0 Å². The van der Waals surface area contributed by atoms with Crippen LogP contribution in [0.25, 0.3) is 33.5 Å². The Balaban J connectivity index is 1.75. The molecule has 37 heavy (non-hydrogen) atoms. The van der Waals surface area contributed by atoms with Crippen LogP contribution in [0.4, 0.5) is 5.69 Å². The lowest BCUT2D eigenvalue weighted by Crippen LogP contribution is -2.20. The Kier molecular flexibility index (Phi) is 6.45. The van der Waals surface area contributed by atoms with E-state index in [9.17, 15) is 14.9 Å². The number of ether oxygens (including phenoxy) is 2. The highest BCUT2D eigenvalue weighted by atomic mass is 79.9. The van der Waals surface area contributed by atoms with E-state index in [1.807, 2.05) is 0 Å². The number of furan rings is 1. The zero-order chi connectivity index (χ0) is 26.1.